The van der Waals surface area contributed by atoms with Gasteiger partial charge in [-0.05, 0) is 69.8 Å². The van der Waals surface area contributed by atoms with Crippen molar-refractivity contribution in [3.63, 3.8) is 0 Å². The minimum atomic E-state index is -0.107. The van der Waals surface area contributed by atoms with Gasteiger partial charge in [-0.2, -0.15) is 0 Å². The van der Waals surface area contributed by atoms with Gasteiger partial charge in [-0.25, -0.2) is 4.39 Å². The summed E-state index contributed by atoms with van der Waals surface area (Å²) in [7, 11) is 2.27. The highest BCUT2D eigenvalue weighted by Gasteiger charge is 2.42. The van der Waals surface area contributed by atoms with Gasteiger partial charge in [0.1, 0.15) is 5.82 Å². The topological polar surface area (TPSA) is 18.5 Å². The molecule has 2 fully saturated rings. The molecule has 0 spiro atoms. The summed E-state index contributed by atoms with van der Waals surface area (Å²) in [5.74, 6) is -0.107. The van der Waals surface area contributed by atoms with E-state index >= 15 is 4.39 Å². The Morgan fingerprint density at radius 2 is 1.97 bits per heavy atom. The Bertz CT molecular complexity index is 1120. The van der Waals surface area contributed by atoms with E-state index in [9.17, 15) is 0 Å². The summed E-state index contributed by atoms with van der Waals surface area (Å²) in [6, 6.07) is 6.62. The number of piperidine rings is 1. The van der Waals surface area contributed by atoms with Crippen LogP contribution in [0.15, 0.2) is 90.0 Å². The number of hydrogen-bond donors (Lipinski definition) is 1. The SMILES string of the molecule is C=CC1=C(/C=C/C)N2C(=C(C(=C)NCc3cccc(CCC)c3F)C1=C)CCC2C1CCCCN1C. The third kappa shape index (κ3) is 4.88. The molecule has 0 saturated carbocycles. The maximum Gasteiger partial charge on any atom is 0.131 e. The van der Waals surface area contributed by atoms with Gasteiger partial charge in [0, 0.05) is 52.4 Å². The monoisotopic (exact) mass is 487 g/mol. The van der Waals surface area contributed by atoms with Gasteiger partial charge in [0.15, 0.2) is 0 Å². The third-order valence-electron chi connectivity index (χ3n) is 8.02. The zero-order valence-corrected chi connectivity index (χ0v) is 22.4. The number of aryl methyl sites for hydroxylation is 1. The van der Waals surface area contributed by atoms with Crippen LogP contribution in [0, 0.1) is 5.82 Å². The fourth-order valence-electron chi connectivity index (χ4n) is 6.28. The standard InChI is InChI=1S/C32H42FN3/c1-7-13-24-15-12-16-25(32(24)33)21-34-23(5)31-22(4)26(9-3)27(14-8-2)36-29(18-19-30(31)36)28-17-10-11-20-35(28)6/h8-9,12,14-16,28-29,34H,3-5,7,10-11,13,17-21H2,1-2,6H3/b14-8+. The van der Waals surface area contributed by atoms with Crippen LogP contribution >= 0.6 is 0 Å². The van der Waals surface area contributed by atoms with Crippen LogP contribution in [0.4, 0.5) is 4.39 Å². The molecule has 0 aromatic heterocycles. The Labute approximate surface area is 217 Å². The average molecular weight is 488 g/mol. The number of rotatable bonds is 9. The molecule has 2 unspecified atom stereocenters. The lowest BCUT2D eigenvalue weighted by atomic mass is 9.88. The predicted octanol–water partition coefficient (Wildman–Crippen LogP) is 7.17. The highest BCUT2D eigenvalue weighted by atomic mass is 19.1. The molecular formula is C32H42FN3. The number of benzene rings is 1. The second-order valence-corrected chi connectivity index (χ2v) is 10.3. The van der Waals surface area contributed by atoms with E-state index in [1.165, 1.54) is 30.7 Å². The van der Waals surface area contributed by atoms with Crippen molar-refractivity contribution in [2.24, 2.45) is 0 Å². The van der Waals surface area contributed by atoms with Gasteiger partial charge in [0.2, 0.25) is 0 Å². The number of allylic oxidation sites excluding steroid dienone is 6. The van der Waals surface area contributed by atoms with E-state index in [1.54, 1.807) is 0 Å². The Morgan fingerprint density at radius 3 is 2.67 bits per heavy atom. The minimum absolute atomic E-state index is 0.107. The molecule has 0 amide bonds. The quantitative estimate of drug-likeness (QED) is 0.398. The van der Waals surface area contributed by atoms with Crippen LogP contribution in [0.3, 0.4) is 0 Å². The van der Waals surface area contributed by atoms with Crippen molar-refractivity contribution in [1.29, 1.82) is 0 Å². The average Bonchev–Trinajstić information content (AvgIpc) is 3.29. The largest absolute Gasteiger partial charge is 0.381 e. The van der Waals surface area contributed by atoms with E-state index in [0.29, 0.717) is 24.2 Å². The first-order chi connectivity index (χ1) is 17.4. The summed E-state index contributed by atoms with van der Waals surface area (Å²) in [4.78, 5) is 5.09. The van der Waals surface area contributed by atoms with E-state index in [2.05, 4.69) is 67.9 Å². The van der Waals surface area contributed by atoms with E-state index in [-0.39, 0.29) is 5.82 Å². The van der Waals surface area contributed by atoms with Crippen LogP contribution in [0.1, 0.15) is 63.5 Å². The highest BCUT2D eigenvalue weighted by molar-refractivity contribution is 5.65. The maximum atomic E-state index is 15.0. The van der Waals surface area contributed by atoms with Crippen molar-refractivity contribution >= 4 is 0 Å². The zero-order valence-electron chi connectivity index (χ0n) is 22.4. The van der Waals surface area contributed by atoms with Gasteiger partial charge in [-0.3, -0.25) is 0 Å². The zero-order chi connectivity index (χ0) is 25.8. The molecule has 192 valence electrons. The van der Waals surface area contributed by atoms with Crippen LogP contribution < -0.4 is 5.32 Å². The van der Waals surface area contributed by atoms with Gasteiger partial charge in [-0.15, -0.1) is 0 Å². The summed E-state index contributed by atoms with van der Waals surface area (Å²) in [5.41, 5.74) is 7.77. The van der Waals surface area contributed by atoms with Crippen molar-refractivity contribution in [3.05, 3.63) is 107 Å². The van der Waals surface area contributed by atoms with Gasteiger partial charge < -0.3 is 15.1 Å². The number of nitrogens with one attached hydrogen (secondary N) is 1. The molecule has 1 N–H and O–H groups in total. The Morgan fingerprint density at radius 1 is 1.19 bits per heavy atom. The lowest BCUT2D eigenvalue weighted by Gasteiger charge is -2.44. The van der Waals surface area contributed by atoms with Crippen molar-refractivity contribution in [2.45, 2.75) is 77.4 Å². The van der Waals surface area contributed by atoms with Gasteiger partial charge in [0.05, 0.1) is 0 Å². The van der Waals surface area contributed by atoms with Crippen LogP contribution in [-0.2, 0) is 13.0 Å². The number of fused-ring (bicyclic) bond motifs is 1. The molecule has 1 aromatic carbocycles. The molecule has 3 aliphatic rings. The molecule has 3 heterocycles. The van der Waals surface area contributed by atoms with Crippen LogP contribution in [0.2, 0.25) is 0 Å². The summed E-state index contributed by atoms with van der Waals surface area (Å²) >= 11 is 0. The van der Waals surface area contributed by atoms with E-state index in [0.717, 1.165) is 60.2 Å². The van der Waals surface area contributed by atoms with Crippen LogP contribution in [-0.4, -0.2) is 35.5 Å². The summed E-state index contributed by atoms with van der Waals surface area (Å²) < 4.78 is 15.0. The van der Waals surface area contributed by atoms with Gasteiger partial charge in [-0.1, -0.05) is 69.9 Å². The lowest BCUT2D eigenvalue weighted by Crippen LogP contribution is -2.49. The number of halogens is 1. The molecule has 0 aliphatic carbocycles. The van der Waals surface area contributed by atoms with Gasteiger partial charge in [0.25, 0.3) is 0 Å². The number of nitrogens with zero attached hydrogens (tertiary/aromatic N) is 2. The van der Waals surface area contributed by atoms with Crippen molar-refractivity contribution in [2.75, 3.05) is 13.6 Å². The van der Waals surface area contributed by atoms with Crippen molar-refractivity contribution < 1.29 is 4.39 Å². The molecule has 0 radical (unpaired) electrons. The number of likely N-dealkylation sites (tertiary alicyclic amines) is 1. The Kier molecular flexibility index (Phi) is 8.35. The summed E-state index contributed by atoms with van der Waals surface area (Å²) in [6.07, 6.45) is 13.8. The first kappa shape index (κ1) is 26.2. The third-order valence-corrected chi connectivity index (χ3v) is 8.02. The molecule has 3 aliphatic heterocycles. The van der Waals surface area contributed by atoms with Gasteiger partial charge >= 0.3 is 0 Å². The fourth-order valence-corrected chi connectivity index (χ4v) is 6.28. The van der Waals surface area contributed by atoms with E-state index in [4.69, 9.17) is 0 Å². The fraction of sp³-hybridized carbons (Fsp3) is 0.438. The predicted molar refractivity (Wildman–Crippen MR) is 150 cm³/mol. The molecule has 0 bridgehead atoms. The molecule has 4 heteroatoms. The summed E-state index contributed by atoms with van der Waals surface area (Å²) in [5, 5.41) is 3.45. The highest BCUT2D eigenvalue weighted by Crippen LogP contribution is 2.47. The normalized spacial score (nSPS) is 23.0. The summed E-state index contributed by atoms with van der Waals surface area (Å²) in [6.45, 7) is 18.8. The van der Waals surface area contributed by atoms with Crippen LogP contribution in [0.5, 0.6) is 0 Å². The first-order valence-electron chi connectivity index (χ1n) is 13.5. The lowest BCUT2D eigenvalue weighted by molar-refractivity contribution is 0.116. The van der Waals surface area contributed by atoms with Crippen LogP contribution in [0.25, 0.3) is 0 Å². The second-order valence-electron chi connectivity index (χ2n) is 10.3. The second kappa shape index (κ2) is 11.5. The smallest absolute Gasteiger partial charge is 0.131 e. The molecule has 4 rings (SSSR count). The Hall–Kier alpha value is -2.85. The van der Waals surface area contributed by atoms with E-state index in [1.807, 2.05) is 24.3 Å². The van der Waals surface area contributed by atoms with Crippen molar-refractivity contribution in [3.8, 4) is 0 Å². The van der Waals surface area contributed by atoms with E-state index < -0.39 is 0 Å². The molecule has 2 saturated heterocycles. The molecule has 2 atom stereocenters. The van der Waals surface area contributed by atoms with Crippen molar-refractivity contribution in [1.82, 2.24) is 15.1 Å². The molecule has 36 heavy (non-hydrogen) atoms. The Balaban J connectivity index is 1.67. The minimum Gasteiger partial charge on any atom is -0.381 e. The maximum absolute atomic E-state index is 15.0. The first-order valence-corrected chi connectivity index (χ1v) is 13.5. The molecular weight excluding hydrogens is 445 g/mol. The number of likely N-dealkylation sites (N-methyl/N-ethyl adjacent to an activating group) is 1. The number of hydrogen-bond acceptors (Lipinski definition) is 3. The molecule has 3 nitrogen and oxygen atoms in total. The molecule has 1 aromatic rings.